The Morgan fingerprint density at radius 1 is 1.04 bits per heavy atom. The molecule has 2 saturated heterocycles. The summed E-state index contributed by atoms with van der Waals surface area (Å²) in [6.07, 6.45) is 3.75. The van der Waals surface area contributed by atoms with Gasteiger partial charge in [-0.25, -0.2) is 0 Å². The Balaban J connectivity index is 1.82. The van der Waals surface area contributed by atoms with Crippen LogP contribution in [-0.2, 0) is 11.8 Å². The van der Waals surface area contributed by atoms with Crippen molar-refractivity contribution in [1.29, 1.82) is 0 Å². The zero-order valence-corrected chi connectivity index (χ0v) is 15.2. The summed E-state index contributed by atoms with van der Waals surface area (Å²) in [4.78, 5) is 42.5. The van der Waals surface area contributed by atoms with Gasteiger partial charge in [-0.1, -0.05) is 0 Å². The standard InChI is InChI=1S/C18H26N4O3/c1-19-9-8-18(7-6-16(19)24)13-22(11-10-21(18)3)17(25)14-4-5-15(23)20(2)12-14/h4-5,12H,6-11,13H2,1-3H3. The highest BCUT2D eigenvalue weighted by molar-refractivity contribution is 5.94. The third-order valence-corrected chi connectivity index (χ3v) is 5.76. The maximum Gasteiger partial charge on any atom is 0.255 e. The van der Waals surface area contributed by atoms with Crippen molar-refractivity contribution in [2.75, 3.05) is 40.3 Å². The van der Waals surface area contributed by atoms with Crippen molar-refractivity contribution in [3.63, 3.8) is 0 Å². The van der Waals surface area contributed by atoms with E-state index < -0.39 is 0 Å². The summed E-state index contributed by atoms with van der Waals surface area (Å²) < 4.78 is 1.43. The molecular weight excluding hydrogens is 320 g/mol. The number of nitrogens with zero attached hydrogens (tertiary/aromatic N) is 4. The van der Waals surface area contributed by atoms with E-state index in [9.17, 15) is 14.4 Å². The molecule has 3 heterocycles. The van der Waals surface area contributed by atoms with Crippen LogP contribution in [0.2, 0.25) is 0 Å². The lowest BCUT2D eigenvalue weighted by Crippen LogP contribution is -2.62. The molecule has 2 aliphatic rings. The monoisotopic (exact) mass is 346 g/mol. The number of amides is 2. The van der Waals surface area contributed by atoms with Crippen LogP contribution in [0.25, 0.3) is 0 Å². The van der Waals surface area contributed by atoms with Gasteiger partial charge >= 0.3 is 0 Å². The first-order valence-corrected chi connectivity index (χ1v) is 8.74. The van der Waals surface area contributed by atoms with Crippen molar-refractivity contribution < 1.29 is 9.59 Å². The van der Waals surface area contributed by atoms with Gasteiger partial charge in [0.25, 0.3) is 5.91 Å². The molecule has 2 amide bonds. The summed E-state index contributed by atoms with van der Waals surface area (Å²) in [6.45, 7) is 2.77. The number of carbonyl (C=O) groups is 2. The van der Waals surface area contributed by atoms with E-state index in [1.807, 2.05) is 11.9 Å². The molecule has 1 aromatic heterocycles. The largest absolute Gasteiger partial charge is 0.346 e. The number of hydrogen-bond acceptors (Lipinski definition) is 4. The van der Waals surface area contributed by atoms with Crippen LogP contribution in [-0.4, -0.2) is 76.9 Å². The maximum atomic E-state index is 12.9. The average Bonchev–Trinajstić information content (AvgIpc) is 2.74. The predicted octanol–water partition coefficient (Wildman–Crippen LogP) is 0.154. The molecule has 1 aromatic rings. The molecule has 0 aromatic carbocycles. The Labute approximate surface area is 147 Å². The van der Waals surface area contributed by atoms with Crippen LogP contribution >= 0.6 is 0 Å². The minimum atomic E-state index is -0.158. The predicted molar refractivity (Wildman–Crippen MR) is 94.4 cm³/mol. The summed E-state index contributed by atoms with van der Waals surface area (Å²) in [5.41, 5.74) is 0.245. The summed E-state index contributed by atoms with van der Waals surface area (Å²) >= 11 is 0. The summed E-state index contributed by atoms with van der Waals surface area (Å²) in [7, 11) is 5.58. The van der Waals surface area contributed by atoms with E-state index >= 15 is 0 Å². The molecule has 136 valence electrons. The first-order valence-electron chi connectivity index (χ1n) is 8.74. The second-order valence-corrected chi connectivity index (χ2v) is 7.30. The van der Waals surface area contributed by atoms with Gasteiger partial charge in [-0.15, -0.1) is 0 Å². The SMILES string of the molecule is CN1CCC2(CCC1=O)CN(C(=O)c1ccc(=O)n(C)c1)CCN2C. The first-order chi connectivity index (χ1) is 11.8. The number of aryl methyl sites for hydroxylation is 1. The van der Waals surface area contributed by atoms with Gasteiger partial charge in [0.05, 0.1) is 5.56 Å². The van der Waals surface area contributed by atoms with Crippen molar-refractivity contribution >= 4 is 11.8 Å². The van der Waals surface area contributed by atoms with Gasteiger partial charge in [0.15, 0.2) is 0 Å². The smallest absolute Gasteiger partial charge is 0.255 e. The number of likely N-dealkylation sites (N-methyl/N-ethyl adjacent to an activating group) is 1. The van der Waals surface area contributed by atoms with Gasteiger partial charge in [0.2, 0.25) is 11.5 Å². The Morgan fingerprint density at radius 3 is 2.52 bits per heavy atom. The van der Waals surface area contributed by atoms with E-state index in [0.717, 1.165) is 19.4 Å². The van der Waals surface area contributed by atoms with Crippen molar-refractivity contribution in [2.24, 2.45) is 7.05 Å². The van der Waals surface area contributed by atoms with Crippen molar-refractivity contribution in [3.05, 3.63) is 34.2 Å². The second kappa shape index (κ2) is 6.63. The van der Waals surface area contributed by atoms with Gasteiger partial charge in [0, 0.05) is 64.5 Å². The molecule has 1 spiro atoms. The molecule has 2 fully saturated rings. The minimum Gasteiger partial charge on any atom is -0.346 e. The number of hydrogen-bond donors (Lipinski definition) is 0. The van der Waals surface area contributed by atoms with E-state index in [-0.39, 0.29) is 22.9 Å². The number of pyridine rings is 1. The number of carbonyl (C=O) groups excluding carboxylic acids is 2. The molecule has 7 heteroatoms. The molecule has 1 unspecified atom stereocenters. The molecule has 3 rings (SSSR count). The van der Waals surface area contributed by atoms with Crippen LogP contribution in [0.5, 0.6) is 0 Å². The summed E-state index contributed by atoms with van der Waals surface area (Å²) in [6, 6.07) is 3.03. The second-order valence-electron chi connectivity index (χ2n) is 7.30. The van der Waals surface area contributed by atoms with Gasteiger partial charge in [-0.2, -0.15) is 0 Å². The molecule has 0 bridgehead atoms. The molecule has 0 radical (unpaired) electrons. The van der Waals surface area contributed by atoms with Crippen LogP contribution < -0.4 is 5.56 Å². The topological polar surface area (TPSA) is 65.9 Å². The van der Waals surface area contributed by atoms with Crippen LogP contribution in [0.3, 0.4) is 0 Å². The third kappa shape index (κ3) is 3.33. The van der Waals surface area contributed by atoms with E-state index in [1.54, 1.807) is 24.2 Å². The van der Waals surface area contributed by atoms with Gasteiger partial charge < -0.3 is 14.4 Å². The molecule has 0 aliphatic carbocycles. The lowest BCUT2D eigenvalue weighted by Gasteiger charge is -2.49. The fourth-order valence-corrected chi connectivity index (χ4v) is 3.84. The maximum absolute atomic E-state index is 12.9. The van der Waals surface area contributed by atoms with E-state index in [0.29, 0.717) is 31.6 Å². The molecule has 1 atom stereocenters. The minimum absolute atomic E-state index is 0.0491. The highest BCUT2D eigenvalue weighted by Crippen LogP contribution is 2.32. The van der Waals surface area contributed by atoms with Crippen molar-refractivity contribution in [1.82, 2.24) is 19.3 Å². The lowest BCUT2D eigenvalue weighted by molar-refractivity contribution is -0.129. The average molecular weight is 346 g/mol. The van der Waals surface area contributed by atoms with Crippen molar-refractivity contribution in [2.45, 2.75) is 24.8 Å². The van der Waals surface area contributed by atoms with Gasteiger partial charge in [0.1, 0.15) is 0 Å². The molecular formula is C18H26N4O3. The fraction of sp³-hybridized carbons (Fsp3) is 0.611. The highest BCUT2D eigenvalue weighted by atomic mass is 16.2. The van der Waals surface area contributed by atoms with E-state index in [1.165, 1.54) is 10.6 Å². The van der Waals surface area contributed by atoms with Crippen LogP contribution in [0.4, 0.5) is 0 Å². The number of rotatable bonds is 1. The molecule has 7 nitrogen and oxygen atoms in total. The highest BCUT2D eigenvalue weighted by Gasteiger charge is 2.43. The van der Waals surface area contributed by atoms with Crippen LogP contribution in [0, 0.1) is 0 Å². The molecule has 25 heavy (non-hydrogen) atoms. The van der Waals surface area contributed by atoms with Crippen molar-refractivity contribution in [3.8, 4) is 0 Å². The Kier molecular flexibility index (Phi) is 4.69. The van der Waals surface area contributed by atoms with Gasteiger partial charge in [-0.05, 0) is 26.0 Å². The molecule has 0 saturated carbocycles. The normalized spacial score (nSPS) is 25.3. The molecule has 0 N–H and O–H groups in total. The van der Waals surface area contributed by atoms with E-state index in [4.69, 9.17) is 0 Å². The summed E-state index contributed by atoms with van der Waals surface area (Å²) in [5.74, 6) is 0.124. The first kappa shape index (κ1) is 17.7. The fourth-order valence-electron chi connectivity index (χ4n) is 3.84. The lowest BCUT2D eigenvalue weighted by atomic mass is 9.86. The number of likely N-dealkylation sites (tertiary alicyclic amines) is 1. The van der Waals surface area contributed by atoms with Crippen LogP contribution in [0.1, 0.15) is 29.6 Å². The third-order valence-electron chi connectivity index (χ3n) is 5.76. The Hall–Kier alpha value is -2.15. The van der Waals surface area contributed by atoms with Crippen LogP contribution in [0.15, 0.2) is 23.1 Å². The Bertz CT molecular complexity index is 744. The van der Waals surface area contributed by atoms with E-state index in [2.05, 4.69) is 11.9 Å². The summed E-state index contributed by atoms with van der Waals surface area (Å²) in [5, 5.41) is 0. The molecule has 2 aliphatic heterocycles. The zero-order valence-electron chi connectivity index (χ0n) is 15.2. The number of piperazine rings is 1. The zero-order chi connectivity index (χ0) is 18.2. The van der Waals surface area contributed by atoms with Gasteiger partial charge in [-0.3, -0.25) is 19.3 Å². The quantitative estimate of drug-likeness (QED) is 0.726. The Morgan fingerprint density at radius 2 is 1.80 bits per heavy atom. The number of aromatic nitrogens is 1.